The van der Waals surface area contributed by atoms with Crippen molar-refractivity contribution in [1.29, 1.82) is 0 Å². The molecule has 0 aliphatic carbocycles. The number of carbonyl (C=O) groups is 1. The number of halogens is 3. The van der Waals surface area contributed by atoms with Gasteiger partial charge in [0.05, 0.1) is 24.3 Å². The number of alkyl halides is 3. The lowest BCUT2D eigenvalue weighted by molar-refractivity contribution is -0.149. The van der Waals surface area contributed by atoms with Crippen molar-refractivity contribution in [2.75, 3.05) is 6.54 Å². The van der Waals surface area contributed by atoms with Gasteiger partial charge in [0, 0.05) is 19.4 Å². The van der Waals surface area contributed by atoms with Gasteiger partial charge >= 0.3 is 6.18 Å². The quantitative estimate of drug-likeness (QED) is 0.872. The van der Waals surface area contributed by atoms with E-state index in [4.69, 9.17) is 0 Å². The third-order valence-electron chi connectivity index (χ3n) is 3.78. The van der Waals surface area contributed by atoms with Gasteiger partial charge in [-0.1, -0.05) is 23.4 Å². The van der Waals surface area contributed by atoms with Crippen LogP contribution in [0.5, 0.6) is 0 Å². The molecule has 1 aromatic heterocycles. The van der Waals surface area contributed by atoms with Crippen LogP contribution in [0.2, 0.25) is 0 Å². The number of amides is 1. The molecule has 2 heterocycles. The summed E-state index contributed by atoms with van der Waals surface area (Å²) in [6.45, 7) is 0.586. The Hall–Kier alpha value is -2.38. The van der Waals surface area contributed by atoms with Crippen molar-refractivity contribution in [2.45, 2.75) is 32.0 Å². The monoisotopic (exact) mass is 324 g/mol. The first-order valence-corrected chi connectivity index (χ1v) is 7.27. The molecule has 3 rings (SSSR count). The number of hydrogen-bond acceptors (Lipinski definition) is 3. The van der Waals surface area contributed by atoms with Crippen molar-refractivity contribution in [3.8, 4) is 5.69 Å². The van der Waals surface area contributed by atoms with Gasteiger partial charge in [0.15, 0.2) is 0 Å². The standard InChI is InChI=1S/C15H15F3N4O/c16-15(17,18)8-6-14(23)21-9-7-13-12(10-21)19-20-22(13)11-4-2-1-3-5-11/h1-5H,6-10H2. The van der Waals surface area contributed by atoms with Crippen LogP contribution in [0.4, 0.5) is 13.2 Å². The van der Waals surface area contributed by atoms with E-state index in [-0.39, 0.29) is 6.54 Å². The number of hydrogen-bond donors (Lipinski definition) is 0. The third-order valence-corrected chi connectivity index (χ3v) is 3.78. The highest BCUT2D eigenvalue weighted by Gasteiger charge is 2.31. The van der Waals surface area contributed by atoms with Gasteiger partial charge in [0.1, 0.15) is 5.69 Å². The predicted molar refractivity (Wildman–Crippen MR) is 75.8 cm³/mol. The molecule has 0 fully saturated rings. The minimum absolute atomic E-state index is 0.207. The second-order valence-electron chi connectivity index (χ2n) is 5.41. The molecule has 1 aromatic carbocycles. The van der Waals surface area contributed by atoms with E-state index >= 15 is 0 Å². The van der Waals surface area contributed by atoms with Crippen LogP contribution in [-0.2, 0) is 17.8 Å². The fraction of sp³-hybridized carbons (Fsp3) is 0.400. The Morgan fingerprint density at radius 2 is 1.96 bits per heavy atom. The molecular formula is C15H15F3N4O. The maximum absolute atomic E-state index is 12.2. The number of nitrogens with zero attached hydrogens (tertiary/aromatic N) is 4. The Labute approximate surface area is 130 Å². The molecule has 0 bridgehead atoms. The number of fused-ring (bicyclic) bond motifs is 1. The average molecular weight is 324 g/mol. The summed E-state index contributed by atoms with van der Waals surface area (Å²) in [5.41, 5.74) is 2.41. The molecule has 5 nitrogen and oxygen atoms in total. The molecule has 2 aromatic rings. The molecular weight excluding hydrogens is 309 g/mol. The van der Waals surface area contributed by atoms with Gasteiger partial charge in [-0.15, -0.1) is 5.10 Å². The Balaban J connectivity index is 1.71. The lowest BCUT2D eigenvalue weighted by atomic mass is 10.1. The maximum Gasteiger partial charge on any atom is 0.389 e. The van der Waals surface area contributed by atoms with E-state index in [0.29, 0.717) is 18.7 Å². The molecule has 1 aliphatic rings. The van der Waals surface area contributed by atoms with E-state index in [1.54, 1.807) is 4.68 Å². The highest BCUT2D eigenvalue weighted by Crippen LogP contribution is 2.24. The van der Waals surface area contributed by atoms with Crippen LogP contribution in [0.15, 0.2) is 30.3 Å². The van der Waals surface area contributed by atoms with Crippen LogP contribution in [0.3, 0.4) is 0 Å². The topological polar surface area (TPSA) is 51.0 Å². The normalized spacial score (nSPS) is 14.7. The van der Waals surface area contributed by atoms with Gasteiger partial charge in [0.2, 0.25) is 5.91 Å². The predicted octanol–water partition coefficient (Wildman–Crippen LogP) is 2.49. The smallest absolute Gasteiger partial charge is 0.336 e. The summed E-state index contributed by atoms with van der Waals surface area (Å²) >= 11 is 0. The second kappa shape index (κ2) is 6.02. The third kappa shape index (κ3) is 3.52. The van der Waals surface area contributed by atoms with E-state index in [9.17, 15) is 18.0 Å². The van der Waals surface area contributed by atoms with E-state index in [2.05, 4.69) is 10.3 Å². The van der Waals surface area contributed by atoms with Crippen molar-refractivity contribution in [3.05, 3.63) is 41.7 Å². The van der Waals surface area contributed by atoms with Gasteiger partial charge in [-0.2, -0.15) is 13.2 Å². The minimum Gasteiger partial charge on any atom is -0.336 e. The minimum atomic E-state index is -4.31. The van der Waals surface area contributed by atoms with Crippen LogP contribution in [0.1, 0.15) is 24.2 Å². The molecule has 0 N–H and O–H groups in total. The number of para-hydroxylation sites is 1. The van der Waals surface area contributed by atoms with Crippen molar-refractivity contribution >= 4 is 5.91 Å². The Kier molecular flexibility index (Phi) is 4.06. The summed E-state index contributed by atoms with van der Waals surface area (Å²) in [4.78, 5) is 13.3. The molecule has 1 aliphatic heterocycles. The summed E-state index contributed by atoms with van der Waals surface area (Å²) in [6.07, 6.45) is -5.40. The zero-order chi connectivity index (χ0) is 16.4. The van der Waals surface area contributed by atoms with E-state index < -0.39 is 24.9 Å². The fourth-order valence-electron chi connectivity index (χ4n) is 2.60. The van der Waals surface area contributed by atoms with Gasteiger partial charge in [0.25, 0.3) is 0 Å². The van der Waals surface area contributed by atoms with E-state index in [1.165, 1.54) is 4.90 Å². The highest BCUT2D eigenvalue weighted by atomic mass is 19.4. The molecule has 0 saturated heterocycles. The number of carbonyl (C=O) groups excluding carboxylic acids is 1. The van der Waals surface area contributed by atoms with Crippen molar-refractivity contribution in [2.24, 2.45) is 0 Å². The molecule has 0 radical (unpaired) electrons. The van der Waals surface area contributed by atoms with Crippen LogP contribution in [-0.4, -0.2) is 38.5 Å². The van der Waals surface area contributed by atoms with Crippen LogP contribution < -0.4 is 0 Å². The van der Waals surface area contributed by atoms with Gasteiger partial charge < -0.3 is 4.90 Å². The molecule has 0 unspecified atom stereocenters. The average Bonchev–Trinajstić information content (AvgIpc) is 2.95. The van der Waals surface area contributed by atoms with Crippen LogP contribution >= 0.6 is 0 Å². The molecule has 122 valence electrons. The molecule has 1 amide bonds. The lowest BCUT2D eigenvalue weighted by Gasteiger charge is -2.26. The van der Waals surface area contributed by atoms with Gasteiger partial charge in [-0.3, -0.25) is 4.79 Å². The first kappa shape index (κ1) is 15.5. The Morgan fingerprint density at radius 1 is 1.22 bits per heavy atom. The van der Waals surface area contributed by atoms with E-state index in [0.717, 1.165) is 11.4 Å². The zero-order valence-corrected chi connectivity index (χ0v) is 12.3. The molecule has 8 heteroatoms. The Morgan fingerprint density at radius 3 is 2.65 bits per heavy atom. The maximum atomic E-state index is 12.2. The summed E-state index contributed by atoms with van der Waals surface area (Å²) in [5, 5.41) is 8.17. The van der Waals surface area contributed by atoms with Crippen molar-refractivity contribution in [1.82, 2.24) is 19.9 Å². The first-order chi connectivity index (χ1) is 10.9. The number of rotatable bonds is 3. The first-order valence-electron chi connectivity index (χ1n) is 7.27. The summed E-state index contributed by atoms with van der Waals surface area (Å²) in [6, 6.07) is 9.47. The van der Waals surface area contributed by atoms with Crippen LogP contribution in [0.25, 0.3) is 5.69 Å². The second-order valence-corrected chi connectivity index (χ2v) is 5.41. The number of benzene rings is 1. The lowest BCUT2D eigenvalue weighted by Crippen LogP contribution is -2.36. The largest absolute Gasteiger partial charge is 0.389 e. The van der Waals surface area contributed by atoms with E-state index in [1.807, 2.05) is 30.3 Å². The van der Waals surface area contributed by atoms with Gasteiger partial charge in [-0.25, -0.2) is 4.68 Å². The molecule has 0 saturated carbocycles. The van der Waals surface area contributed by atoms with Crippen LogP contribution in [0, 0.1) is 0 Å². The van der Waals surface area contributed by atoms with Crippen molar-refractivity contribution < 1.29 is 18.0 Å². The summed E-state index contributed by atoms with van der Waals surface area (Å²) in [5.74, 6) is -0.498. The molecule has 0 atom stereocenters. The molecule has 23 heavy (non-hydrogen) atoms. The summed E-state index contributed by atoms with van der Waals surface area (Å²) in [7, 11) is 0. The number of aromatic nitrogens is 3. The highest BCUT2D eigenvalue weighted by molar-refractivity contribution is 5.76. The SMILES string of the molecule is O=C(CCC(F)(F)F)N1CCc2c(nnn2-c2ccccc2)C1. The summed E-state index contributed by atoms with van der Waals surface area (Å²) < 4.78 is 38.4. The molecule has 0 spiro atoms. The zero-order valence-electron chi connectivity index (χ0n) is 12.3. The fourth-order valence-corrected chi connectivity index (χ4v) is 2.60. The Bertz CT molecular complexity index is 696. The van der Waals surface area contributed by atoms with Crippen molar-refractivity contribution in [3.63, 3.8) is 0 Å². The van der Waals surface area contributed by atoms with Gasteiger partial charge in [-0.05, 0) is 12.1 Å².